The van der Waals surface area contributed by atoms with Crippen LogP contribution in [0.5, 0.6) is 5.75 Å². The molecule has 3 rings (SSSR count). The van der Waals surface area contributed by atoms with Gasteiger partial charge in [0.2, 0.25) is 0 Å². The van der Waals surface area contributed by atoms with E-state index in [4.69, 9.17) is 9.47 Å². The molecule has 0 aliphatic carbocycles. The fourth-order valence-electron chi connectivity index (χ4n) is 2.39. The number of amides is 1. The molecule has 8 heteroatoms. The van der Waals surface area contributed by atoms with Crippen LogP contribution in [-0.4, -0.2) is 18.0 Å². The van der Waals surface area contributed by atoms with Gasteiger partial charge in [0.15, 0.2) is 6.10 Å². The van der Waals surface area contributed by atoms with Gasteiger partial charge in [0.1, 0.15) is 12.4 Å². The van der Waals surface area contributed by atoms with Crippen LogP contribution in [0.25, 0.3) is 0 Å². The van der Waals surface area contributed by atoms with Gasteiger partial charge >= 0.3 is 12.1 Å². The number of hydrogen-bond acceptors (Lipinski definition) is 4. The first-order valence-electron chi connectivity index (χ1n) is 7.71. The van der Waals surface area contributed by atoms with Crippen molar-refractivity contribution in [2.45, 2.75) is 25.3 Å². The van der Waals surface area contributed by atoms with E-state index in [1.165, 1.54) is 12.1 Å². The Morgan fingerprint density at radius 1 is 1.12 bits per heavy atom. The molecule has 1 atom stereocenters. The molecule has 1 heterocycles. The van der Waals surface area contributed by atoms with Crippen molar-refractivity contribution in [1.29, 1.82) is 0 Å². The lowest BCUT2D eigenvalue weighted by Crippen LogP contribution is -2.38. The molecule has 5 nitrogen and oxygen atoms in total. The van der Waals surface area contributed by atoms with Gasteiger partial charge in [0.05, 0.1) is 17.7 Å². The maximum Gasteiger partial charge on any atom is 0.416 e. The molecule has 0 saturated carbocycles. The quantitative estimate of drug-likeness (QED) is 0.842. The Morgan fingerprint density at radius 3 is 2.50 bits per heavy atom. The topological polar surface area (TPSA) is 64.6 Å². The van der Waals surface area contributed by atoms with Crippen LogP contribution in [0.1, 0.15) is 17.5 Å². The Labute approximate surface area is 146 Å². The van der Waals surface area contributed by atoms with Crippen LogP contribution in [0.3, 0.4) is 0 Å². The maximum absolute atomic E-state index is 12.5. The zero-order valence-corrected chi connectivity index (χ0v) is 13.4. The highest BCUT2D eigenvalue weighted by atomic mass is 19.4. The zero-order valence-electron chi connectivity index (χ0n) is 13.4. The summed E-state index contributed by atoms with van der Waals surface area (Å²) in [5.41, 5.74) is 0.149. The Balaban J connectivity index is 1.54. The van der Waals surface area contributed by atoms with Gasteiger partial charge in [-0.1, -0.05) is 24.3 Å². The van der Waals surface area contributed by atoms with Crippen LogP contribution in [-0.2, 0) is 27.1 Å². The minimum atomic E-state index is -4.42. The van der Waals surface area contributed by atoms with Crippen molar-refractivity contribution in [3.8, 4) is 5.75 Å². The molecule has 136 valence electrons. The summed E-state index contributed by atoms with van der Waals surface area (Å²) in [6.07, 6.45) is -5.75. The standard InChI is InChI=1S/C18H14F3NO4/c19-18(20,21)12-7-5-11(6-8-12)10-25-16(23)9-15-17(24)22-13-3-1-2-4-14(13)26-15/h1-8,15H,9-10H2,(H,22,24)/t15-/m1/s1. The molecule has 2 aromatic rings. The van der Waals surface area contributed by atoms with Gasteiger partial charge in [0, 0.05) is 0 Å². The van der Waals surface area contributed by atoms with Crippen molar-refractivity contribution >= 4 is 17.6 Å². The zero-order chi connectivity index (χ0) is 18.7. The molecule has 0 bridgehead atoms. The number of nitrogens with one attached hydrogen (secondary N) is 1. The predicted molar refractivity (Wildman–Crippen MR) is 85.3 cm³/mol. The summed E-state index contributed by atoms with van der Waals surface area (Å²) in [6.45, 7) is -0.193. The first kappa shape index (κ1) is 17.8. The van der Waals surface area contributed by atoms with Gasteiger partial charge in [-0.3, -0.25) is 9.59 Å². The van der Waals surface area contributed by atoms with E-state index in [-0.39, 0.29) is 13.0 Å². The first-order chi connectivity index (χ1) is 12.3. The highest BCUT2D eigenvalue weighted by molar-refractivity contribution is 5.99. The highest BCUT2D eigenvalue weighted by Gasteiger charge is 2.31. The second kappa shape index (κ2) is 7.07. The third-order valence-electron chi connectivity index (χ3n) is 3.74. The van der Waals surface area contributed by atoms with Gasteiger partial charge in [-0.05, 0) is 29.8 Å². The Bertz CT molecular complexity index is 818. The Kier molecular flexibility index (Phi) is 4.83. The summed E-state index contributed by atoms with van der Waals surface area (Å²) in [7, 11) is 0. The number of ether oxygens (including phenoxy) is 2. The Morgan fingerprint density at radius 2 is 1.81 bits per heavy atom. The Hall–Kier alpha value is -3.03. The van der Waals surface area contributed by atoms with Crippen LogP contribution in [0.2, 0.25) is 0 Å². The summed E-state index contributed by atoms with van der Waals surface area (Å²) in [6, 6.07) is 11.1. The van der Waals surface area contributed by atoms with Crippen LogP contribution in [0.4, 0.5) is 18.9 Å². The van der Waals surface area contributed by atoms with E-state index < -0.39 is 29.7 Å². The summed E-state index contributed by atoms with van der Waals surface area (Å²) in [5, 5.41) is 2.63. The van der Waals surface area contributed by atoms with Crippen LogP contribution in [0.15, 0.2) is 48.5 Å². The number of benzene rings is 2. The van der Waals surface area contributed by atoms with Crippen molar-refractivity contribution < 1.29 is 32.2 Å². The van der Waals surface area contributed by atoms with Crippen LogP contribution < -0.4 is 10.1 Å². The average molecular weight is 365 g/mol. The lowest BCUT2D eigenvalue weighted by Gasteiger charge is -2.25. The largest absolute Gasteiger partial charge is 0.478 e. The number of fused-ring (bicyclic) bond motifs is 1. The van der Waals surface area contributed by atoms with Crippen molar-refractivity contribution in [3.05, 3.63) is 59.7 Å². The molecule has 0 saturated heterocycles. The van der Waals surface area contributed by atoms with Gasteiger partial charge in [-0.15, -0.1) is 0 Å². The first-order valence-corrected chi connectivity index (χ1v) is 7.71. The molecule has 0 aromatic heterocycles. The molecule has 0 fully saturated rings. The monoisotopic (exact) mass is 365 g/mol. The van der Waals surface area contributed by atoms with Crippen LogP contribution in [0, 0.1) is 0 Å². The summed E-state index contributed by atoms with van der Waals surface area (Å²) < 4.78 is 48.0. The van der Waals surface area contributed by atoms with E-state index in [1.807, 2.05) is 0 Å². The number of alkyl halides is 3. The number of carbonyl (C=O) groups is 2. The molecular formula is C18H14F3NO4. The fraction of sp³-hybridized carbons (Fsp3) is 0.222. The van der Waals surface area contributed by atoms with Crippen molar-refractivity contribution in [1.82, 2.24) is 0 Å². The molecule has 0 unspecified atom stereocenters. The number of hydrogen-bond donors (Lipinski definition) is 1. The molecule has 0 radical (unpaired) electrons. The van der Waals surface area contributed by atoms with E-state index in [0.717, 1.165) is 12.1 Å². The van der Waals surface area contributed by atoms with E-state index >= 15 is 0 Å². The summed E-state index contributed by atoms with van der Waals surface area (Å²) in [4.78, 5) is 23.9. The molecule has 26 heavy (non-hydrogen) atoms. The number of para-hydroxylation sites is 2. The predicted octanol–water partition coefficient (Wildman–Crippen LogP) is 3.54. The number of carbonyl (C=O) groups excluding carboxylic acids is 2. The summed E-state index contributed by atoms with van der Waals surface area (Å²) >= 11 is 0. The third kappa shape index (κ3) is 4.14. The molecule has 1 aliphatic rings. The normalized spacial score (nSPS) is 16.3. The van der Waals surface area contributed by atoms with Crippen LogP contribution >= 0.6 is 0 Å². The summed E-state index contributed by atoms with van der Waals surface area (Å²) in [5.74, 6) is -0.702. The number of anilines is 1. The SMILES string of the molecule is O=C(C[C@H]1Oc2ccccc2NC1=O)OCc1ccc(C(F)(F)F)cc1. The second-order valence-electron chi connectivity index (χ2n) is 5.65. The van der Waals surface area contributed by atoms with Gasteiger partial charge in [0.25, 0.3) is 5.91 Å². The molecule has 2 aromatic carbocycles. The van der Waals surface area contributed by atoms with E-state index in [9.17, 15) is 22.8 Å². The minimum Gasteiger partial charge on any atom is -0.478 e. The van der Waals surface area contributed by atoms with Gasteiger partial charge < -0.3 is 14.8 Å². The van der Waals surface area contributed by atoms with Crippen molar-refractivity contribution in [2.75, 3.05) is 5.32 Å². The lowest BCUT2D eigenvalue weighted by molar-refractivity contribution is -0.149. The van der Waals surface area contributed by atoms with Crippen molar-refractivity contribution in [3.63, 3.8) is 0 Å². The van der Waals surface area contributed by atoms with E-state index in [2.05, 4.69) is 5.32 Å². The molecule has 1 amide bonds. The smallest absolute Gasteiger partial charge is 0.416 e. The molecular weight excluding hydrogens is 351 g/mol. The molecule has 0 spiro atoms. The van der Waals surface area contributed by atoms with E-state index in [0.29, 0.717) is 17.0 Å². The molecule has 1 N–H and O–H groups in total. The maximum atomic E-state index is 12.5. The number of halogens is 3. The number of rotatable bonds is 4. The molecule has 1 aliphatic heterocycles. The number of esters is 1. The van der Waals surface area contributed by atoms with Gasteiger partial charge in [-0.2, -0.15) is 13.2 Å². The minimum absolute atomic E-state index is 0.193. The third-order valence-corrected chi connectivity index (χ3v) is 3.74. The second-order valence-corrected chi connectivity index (χ2v) is 5.65. The fourth-order valence-corrected chi connectivity index (χ4v) is 2.39. The van der Waals surface area contributed by atoms with Gasteiger partial charge in [-0.25, -0.2) is 0 Å². The highest BCUT2D eigenvalue weighted by Crippen LogP contribution is 2.30. The lowest BCUT2D eigenvalue weighted by atomic mass is 10.1. The van der Waals surface area contributed by atoms with E-state index in [1.54, 1.807) is 24.3 Å². The van der Waals surface area contributed by atoms with Crippen molar-refractivity contribution in [2.24, 2.45) is 0 Å². The average Bonchev–Trinajstić information content (AvgIpc) is 2.60.